The Labute approximate surface area is 715 Å². The first-order valence-electron chi connectivity index (χ1n) is 42.4. The number of fused-ring (bicyclic) bond motifs is 6. The molecular weight excluding hydrogens is 1510 g/mol. The predicted octanol–water partition coefficient (Wildman–Crippen LogP) is 25.3. The molecule has 0 bridgehead atoms. The first-order chi connectivity index (χ1) is 59.5. The van der Waals surface area contributed by atoms with Crippen molar-refractivity contribution in [1.29, 1.82) is 10.5 Å². The van der Waals surface area contributed by atoms with Crippen LogP contribution in [-0.2, 0) is 0 Å². The molecule has 0 amide bonds. The molecule has 20 rings (SSSR count). The van der Waals surface area contributed by atoms with Crippen molar-refractivity contribution >= 4 is 168 Å². The van der Waals surface area contributed by atoms with Gasteiger partial charge in [0.15, 0.2) is 27.3 Å². The number of rotatable bonds is 18. The van der Waals surface area contributed by atoms with Crippen LogP contribution in [0.5, 0.6) is 0 Å². The Morgan fingerprint density at radius 2 is 0.557 bits per heavy atom. The average Bonchev–Trinajstić information content (AvgIpc) is 0.771. The van der Waals surface area contributed by atoms with Gasteiger partial charge in [-0.3, -0.25) is 0 Å². The summed E-state index contributed by atoms with van der Waals surface area (Å²) in [6.45, 7) is 22.2. The number of furan rings is 2. The lowest BCUT2D eigenvalue weighted by Gasteiger charge is -2.35. The third kappa shape index (κ3) is 12.4. The number of nitriles is 2. The zero-order valence-electron chi connectivity index (χ0n) is 70.2. The smallest absolute Gasteiger partial charge is 0.179 e. The van der Waals surface area contributed by atoms with Gasteiger partial charge in [-0.05, 0) is 187 Å². The summed E-state index contributed by atoms with van der Waals surface area (Å²) in [5, 5.41) is 44.9. The molecule has 0 saturated carbocycles. The molecule has 2 aromatic heterocycles. The van der Waals surface area contributed by atoms with Crippen LogP contribution in [0.25, 0.3) is 98.4 Å². The molecule has 0 fully saturated rings. The van der Waals surface area contributed by atoms with Crippen molar-refractivity contribution < 1.29 is 8.83 Å². The highest BCUT2D eigenvalue weighted by Gasteiger charge is 2.44. The molecular formula is C114H90N4O2Si2. The largest absolute Gasteiger partial charge is 0.454 e. The maximum atomic E-state index is 12.2. The normalized spacial score (nSPS) is 12.0. The lowest BCUT2D eigenvalue weighted by atomic mass is 9.83. The summed E-state index contributed by atoms with van der Waals surface area (Å²) < 4.78 is 14.6. The summed E-state index contributed by atoms with van der Waals surface area (Å²) in [5.41, 5.74) is 22.0. The van der Waals surface area contributed by atoms with E-state index in [0.717, 1.165) is 133 Å². The van der Waals surface area contributed by atoms with Crippen molar-refractivity contribution in [2.75, 3.05) is 9.80 Å². The van der Waals surface area contributed by atoms with Crippen LogP contribution in [0.4, 0.5) is 34.1 Å². The van der Waals surface area contributed by atoms with Gasteiger partial charge in [-0.2, -0.15) is 10.5 Å². The second kappa shape index (κ2) is 30.5. The van der Waals surface area contributed by atoms with Gasteiger partial charge in [0, 0.05) is 43.4 Å². The number of nitrogens with zero attached hydrogens (tertiary/aromatic N) is 4. The van der Waals surface area contributed by atoms with Gasteiger partial charge in [-0.15, -0.1) is 0 Å². The van der Waals surface area contributed by atoms with E-state index in [1.54, 1.807) is 0 Å². The Balaban J connectivity index is 0.879. The molecule has 0 radical (unpaired) electrons. The summed E-state index contributed by atoms with van der Waals surface area (Å²) in [7, 11) is -6.32. The predicted molar refractivity (Wildman–Crippen MR) is 518 cm³/mol. The summed E-state index contributed by atoms with van der Waals surface area (Å²) in [5.74, 6) is 0.00889. The molecule has 0 aliphatic heterocycles. The van der Waals surface area contributed by atoms with Crippen LogP contribution >= 0.6 is 0 Å². The van der Waals surface area contributed by atoms with E-state index in [0.29, 0.717) is 22.3 Å². The molecule has 0 aliphatic rings. The first kappa shape index (κ1) is 76.3. The van der Waals surface area contributed by atoms with Crippen LogP contribution in [0.2, 0.25) is 0 Å². The molecule has 0 atom stereocenters. The van der Waals surface area contributed by atoms with Crippen molar-refractivity contribution in [2.24, 2.45) is 0 Å². The van der Waals surface area contributed by atoms with Crippen LogP contribution < -0.4 is 51.3 Å². The lowest BCUT2D eigenvalue weighted by Crippen LogP contribution is -2.74. The average molecular weight is 1600 g/mol. The summed E-state index contributed by atoms with van der Waals surface area (Å²) in [4.78, 5) is 4.76. The zero-order valence-corrected chi connectivity index (χ0v) is 72.2. The highest BCUT2D eigenvalue weighted by atomic mass is 28.3. The molecule has 20 aromatic rings. The number of aryl methyl sites for hydroxylation is 6. The fourth-order valence-corrected chi connectivity index (χ4v) is 29.2. The highest BCUT2D eigenvalue weighted by Crippen LogP contribution is 2.56. The number of hydrogen-bond donors (Lipinski definition) is 0. The molecule has 0 unspecified atom stereocenters. The number of hydrogen-bond acceptors (Lipinski definition) is 6. The fraction of sp³-hybridized carbons (Fsp3) is 0.105. The van der Waals surface area contributed by atoms with E-state index >= 15 is 0 Å². The van der Waals surface area contributed by atoms with Crippen molar-refractivity contribution in [3.63, 3.8) is 0 Å². The minimum atomic E-state index is -3.16. The Hall–Kier alpha value is -14.4. The van der Waals surface area contributed by atoms with Crippen molar-refractivity contribution in [2.45, 2.75) is 81.1 Å². The second-order valence-electron chi connectivity index (χ2n) is 34.0. The molecule has 0 N–H and O–H groups in total. The molecule has 0 saturated heterocycles. The molecule has 122 heavy (non-hydrogen) atoms. The lowest BCUT2D eigenvalue weighted by molar-refractivity contribution is 0.668. The maximum Gasteiger partial charge on any atom is 0.179 e. The van der Waals surface area contributed by atoms with Crippen LogP contribution in [-0.4, -0.2) is 16.1 Å². The first-order valence-corrected chi connectivity index (χ1v) is 46.4. The SMILES string of the molecule is Cc1ccc([Si](c2ccc(C)cc2)(c2ccc(C)cc2)c2cccc(-c3cccc(C#N)c3N(c3cc(C(C)C)c4ccc5c(N(c6c(C#N)cccc6-c6cccc([Si](c7ccc(C)cc7)(c7ccc(C)cc7)c7ccc(C)cc7)c6)c6cccc7c6oc6ccccc67)cc(C(C)C)c6ccc3c4c65)c3cccc4c3oc3ccccc34)c2)cc1. The number of anilines is 6. The quantitative estimate of drug-likeness (QED) is 0.0484. The Morgan fingerprint density at radius 1 is 0.262 bits per heavy atom. The Bertz CT molecular complexity index is 6920. The highest BCUT2D eigenvalue weighted by molar-refractivity contribution is 7.20. The molecule has 0 aliphatic carbocycles. The molecule has 586 valence electrons. The van der Waals surface area contributed by atoms with Gasteiger partial charge in [0.05, 0.1) is 45.3 Å². The van der Waals surface area contributed by atoms with Crippen molar-refractivity contribution in [1.82, 2.24) is 0 Å². The third-order valence-electron chi connectivity index (χ3n) is 25.8. The molecule has 18 aromatic carbocycles. The van der Waals surface area contributed by atoms with Crippen LogP contribution in [0.3, 0.4) is 0 Å². The fourth-order valence-electron chi connectivity index (χ4n) is 19.8. The Morgan fingerprint density at radius 3 is 0.877 bits per heavy atom. The summed E-state index contributed by atoms with van der Waals surface area (Å²) in [6.07, 6.45) is 0. The zero-order chi connectivity index (χ0) is 83.4. The number of para-hydroxylation sites is 6. The Kier molecular flexibility index (Phi) is 19.0. The monoisotopic (exact) mass is 1600 g/mol. The van der Waals surface area contributed by atoms with Gasteiger partial charge < -0.3 is 18.6 Å². The molecule has 8 heteroatoms. The van der Waals surface area contributed by atoms with Crippen LogP contribution in [0.1, 0.15) is 95.2 Å². The van der Waals surface area contributed by atoms with Gasteiger partial charge in [0.2, 0.25) is 0 Å². The van der Waals surface area contributed by atoms with Gasteiger partial charge in [-0.25, -0.2) is 0 Å². The molecule has 0 spiro atoms. The van der Waals surface area contributed by atoms with E-state index in [1.165, 1.54) is 74.9 Å². The molecule has 2 heterocycles. The van der Waals surface area contributed by atoms with E-state index < -0.39 is 16.1 Å². The van der Waals surface area contributed by atoms with Crippen LogP contribution in [0.15, 0.2) is 361 Å². The topological polar surface area (TPSA) is 80.3 Å². The van der Waals surface area contributed by atoms with E-state index in [1.807, 2.05) is 24.3 Å². The summed E-state index contributed by atoms with van der Waals surface area (Å²) in [6, 6.07) is 136. The second-order valence-corrected chi connectivity index (χ2v) is 41.6. The van der Waals surface area contributed by atoms with E-state index in [-0.39, 0.29) is 11.8 Å². The van der Waals surface area contributed by atoms with Crippen LogP contribution in [0, 0.1) is 64.2 Å². The van der Waals surface area contributed by atoms with E-state index in [2.05, 4.69) is 419 Å². The maximum absolute atomic E-state index is 12.2. The standard InChI is InChI=1S/C114H90N4O2Si2/c1-71(2)101-67-105(117(103-33-19-31-97-93-27-11-13-35-107(93)119-113(97)103)111-81(69-115)23-17-29-91(111)79-21-15-25-89(65-79)121(83-49-37-73(5)38-50-83,84-51-39-74(6)40-52-84)85-53-41-75(7)42-54-85)99-64-62-96-102(72(3)4)68-106(100-63-61-95(101)109(99)110(96)100)118(104-34-20-32-98-94-28-12-14-36-108(94)120-114(98)104)112-82(70-116)24-18-30-92(112)80-22-16-26-90(66-80)122(86-55-43-76(8)44-56-86,87-57-45-77(9)46-58-87)88-59-47-78(10)48-60-88/h11-68,71-72H,1-10H3. The van der Waals surface area contributed by atoms with E-state index in [4.69, 9.17) is 8.83 Å². The number of benzene rings is 18. The van der Waals surface area contributed by atoms with E-state index in [9.17, 15) is 10.5 Å². The third-order valence-corrected chi connectivity index (χ3v) is 35.3. The van der Waals surface area contributed by atoms with Gasteiger partial charge >= 0.3 is 0 Å². The van der Waals surface area contributed by atoms with Gasteiger partial charge in [0.25, 0.3) is 0 Å². The van der Waals surface area contributed by atoms with Gasteiger partial charge in [-0.1, -0.05) is 364 Å². The minimum absolute atomic E-state index is 0.00444. The van der Waals surface area contributed by atoms with Crippen molar-refractivity contribution in [3.8, 4) is 34.4 Å². The van der Waals surface area contributed by atoms with Gasteiger partial charge in [0.1, 0.15) is 23.3 Å². The minimum Gasteiger partial charge on any atom is -0.454 e. The molecule has 6 nitrogen and oxygen atoms in total. The van der Waals surface area contributed by atoms with Crippen molar-refractivity contribution in [3.05, 3.63) is 407 Å². The summed E-state index contributed by atoms with van der Waals surface area (Å²) >= 11 is 0.